The minimum Gasteiger partial charge on any atom is -0.451 e. The fourth-order valence-electron chi connectivity index (χ4n) is 3.43. The van der Waals surface area contributed by atoms with E-state index in [1.54, 1.807) is 49.4 Å². The van der Waals surface area contributed by atoms with Crippen LogP contribution >= 0.6 is 0 Å². The van der Waals surface area contributed by atoms with Gasteiger partial charge in [0.05, 0.1) is 26.5 Å². The number of fused-ring (bicyclic) bond motifs is 2. The second-order valence-corrected chi connectivity index (χ2v) is 9.01. The standard InChI is InChI=1S/C22H17N5O6S/c1-13-32-19-11-5-10-18(20(19)33-13)25-21-22(24-17-9-3-2-8-16(17)23-21)26-34(30,31)15-7-4-6-14(12-15)27(28)29/h2-13H,1H3,(H,23,25)(H,24,26). The first-order valence-electron chi connectivity index (χ1n) is 10.1. The third-order valence-electron chi connectivity index (χ3n) is 4.95. The van der Waals surface area contributed by atoms with Gasteiger partial charge in [0.2, 0.25) is 6.29 Å². The van der Waals surface area contributed by atoms with Crippen molar-refractivity contribution in [1.29, 1.82) is 0 Å². The van der Waals surface area contributed by atoms with E-state index in [-0.39, 0.29) is 22.2 Å². The Bertz CT molecular complexity index is 1540. The van der Waals surface area contributed by atoms with Gasteiger partial charge in [0.15, 0.2) is 23.1 Å². The topological polar surface area (TPSA) is 146 Å². The molecule has 1 aromatic heterocycles. The van der Waals surface area contributed by atoms with Gasteiger partial charge in [-0.1, -0.05) is 24.3 Å². The van der Waals surface area contributed by atoms with Gasteiger partial charge in [-0.3, -0.25) is 14.8 Å². The Morgan fingerprint density at radius 2 is 1.65 bits per heavy atom. The van der Waals surface area contributed by atoms with Crippen LogP contribution in [0.25, 0.3) is 11.0 Å². The summed E-state index contributed by atoms with van der Waals surface area (Å²) in [5.74, 6) is 1.02. The molecular formula is C22H17N5O6S. The number of aromatic nitrogens is 2. The summed E-state index contributed by atoms with van der Waals surface area (Å²) in [5, 5.41) is 14.2. The Morgan fingerprint density at radius 3 is 2.38 bits per heavy atom. The van der Waals surface area contributed by atoms with Crippen LogP contribution in [-0.2, 0) is 10.0 Å². The summed E-state index contributed by atoms with van der Waals surface area (Å²) in [6, 6.07) is 16.9. The molecule has 0 radical (unpaired) electrons. The zero-order chi connectivity index (χ0) is 23.9. The van der Waals surface area contributed by atoms with E-state index in [1.165, 1.54) is 18.2 Å². The molecule has 1 atom stereocenters. The number of sulfonamides is 1. The number of non-ortho nitro benzene ring substituents is 1. The molecule has 2 heterocycles. The third-order valence-corrected chi connectivity index (χ3v) is 6.29. The highest BCUT2D eigenvalue weighted by Gasteiger charge is 2.25. The van der Waals surface area contributed by atoms with Gasteiger partial charge in [-0.2, -0.15) is 0 Å². The van der Waals surface area contributed by atoms with Crippen molar-refractivity contribution in [2.75, 3.05) is 10.0 Å². The number of nitro benzene ring substituents is 1. The Labute approximate surface area is 193 Å². The van der Waals surface area contributed by atoms with Crippen molar-refractivity contribution >= 4 is 44.1 Å². The molecule has 34 heavy (non-hydrogen) atoms. The van der Waals surface area contributed by atoms with Crippen LogP contribution in [0.15, 0.2) is 71.6 Å². The lowest BCUT2D eigenvalue weighted by Gasteiger charge is -2.15. The van der Waals surface area contributed by atoms with E-state index < -0.39 is 21.2 Å². The molecule has 0 spiro atoms. The second kappa shape index (κ2) is 8.15. The maximum absolute atomic E-state index is 13.1. The number of benzene rings is 3. The van der Waals surface area contributed by atoms with Gasteiger partial charge >= 0.3 is 0 Å². The van der Waals surface area contributed by atoms with Crippen LogP contribution in [0, 0.1) is 10.1 Å². The quantitative estimate of drug-likeness (QED) is 0.307. The Hall–Kier alpha value is -4.45. The summed E-state index contributed by atoms with van der Waals surface area (Å²) in [5.41, 5.74) is 1.14. The van der Waals surface area contributed by atoms with E-state index >= 15 is 0 Å². The highest BCUT2D eigenvalue weighted by Crippen LogP contribution is 2.42. The molecule has 1 unspecified atom stereocenters. The Morgan fingerprint density at radius 1 is 0.941 bits per heavy atom. The molecular weight excluding hydrogens is 462 g/mol. The number of rotatable bonds is 6. The normalized spacial score (nSPS) is 14.7. The molecule has 12 heteroatoms. The van der Waals surface area contributed by atoms with Gasteiger partial charge < -0.3 is 14.8 Å². The first-order valence-corrected chi connectivity index (χ1v) is 11.6. The number of ether oxygens (including phenoxy) is 2. The van der Waals surface area contributed by atoms with Crippen LogP contribution in [0.5, 0.6) is 11.5 Å². The summed E-state index contributed by atoms with van der Waals surface area (Å²) >= 11 is 0. The number of nitro groups is 1. The molecule has 0 fully saturated rings. The molecule has 1 aliphatic heterocycles. The predicted molar refractivity (Wildman–Crippen MR) is 124 cm³/mol. The molecule has 0 saturated carbocycles. The Kier molecular flexibility index (Phi) is 5.13. The second-order valence-electron chi connectivity index (χ2n) is 7.33. The van der Waals surface area contributed by atoms with E-state index in [4.69, 9.17) is 9.47 Å². The average Bonchev–Trinajstić information content (AvgIpc) is 3.20. The van der Waals surface area contributed by atoms with Crippen LogP contribution < -0.4 is 19.5 Å². The van der Waals surface area contributed by atoms with Gasteiger partial charge in [-0.25, -0.2) is 18.4 Å². The number of nitrogens with zero attached hydrogens (tertiary/aromatic N) is 3. The fourth-order valence-corrected chi connectivity index (χ4v) is 4.48. The maximum atomic E-state index is 13.1. The molecule has 4 aromatic rings. The van der Waals surface area contributed by atoms with E-state index in [2.05, 4.69) is 20.0 Å². The van der Waals surface area contributed by atoms with Crippen molar-refractivity contribution in [2.45, 2.75) is 18.1 Å². The molecule has 2 N–H and O–H groups in total. The van der Waals surface area contributed by atoms with Crippen molar-refractivity contribution in [3.63, 3.8) is 0 Å². The molecule has 0 bridgehead atoms. The lowest BCUT2D eigenvalue weighted by atomic mass is 10.2. The van der Waals surface area contributed by atoms with E-state index in [1.807, 2.05) is 0 Å². The molecule has 0 saturated heterocycles. The van der Waals surface area contributed by atoms with Crippen LogP contribution in [-0.4, -0.2) is 29.6 Å². The zero-order valence-electron chi connectivity index (χ0n) is 17.6. The van der Waals surface area contributed by atoms with Gasteiger partial charge in [0.1, 0.15) is 0 Å². The molecule has 1 aliphatic rings. The van der Waals surface area contributed by atoms with Crippen LogP contribution in [0.1, 0.15) is 6.92 Å². The summed E-state index contributed by atoms with van der Waals surface area (Å²) in [6.07, 6.45) is -0.479. The van der Waals surface area contributed by atoms with Gasteiger partial charge in [0.25, 0.3) is 15.7 Å². The predicted octanol–water partition coefficient (Wildman–Crippen LogP) is 4.20. The van der Waals surface area contributed by atoms with Crippen molar-refractivity contribution < 1.29 is 22.8 Å². The van der Waals surface area contributed by atoms with Crippen LogP contribution in [0.2, 0.25) is 0 Å². The van der Waals surface area contributed by atoms with Crippen molar-refractivity contribution in [3.8, 4) is 11.5 Å². The summed E-state index contributed by atoms with van der Waals surface area (Å²) < 4.78 is 39.8. The van der Waals surface area contributed by atoms with Crippen LogP contribution in [0.3, 0.4) is 0 Å². The highest BCUT2D eigenvalue weighted by atomic mass is 32.2. The number of anilines is 3. The summed E-state index contributed by atoms with van der Waals surface area (Å²) in [4.78, 5) is 19.1. The SMILES string of the molecule is CC1Oc2cccc(Nc3nc4ccccc4nc3NS(=O)(=O)c3cccc([N+](=O)[O-])c3)c2O1. The maximum Gasteiger partial charge on any atom is 0.270 e. The first kappa shape index (κ1) is 21.4. The van der Waals surface area contributed by atoms with Gasteiger partial charge in [-0.05, 0) is 30.3 Å². The van der Waals surface area contributed by atoms with E-state index in [9.17, 15) is 18.5 Å². The first-order chi connectivity index (χ1) is 16.3. The lowest BCUT2D eigenvalue weighted by Crippen LogP contribution is -2.16. The molecule has 172 valence electrons. The zero-order valence-corrected chi connectivity index (χ0v) is 18.4. The fraction of sp³-hybridized carbons (Fsp3) is 0.0909. The number of nitrogens with one attached hydrogen (secondary N) is 2. The van der Waals surface area contributed by atoms with Crippen LogP contribution in [0.4, 0.5) is 23.0 Å². The Balaban J connectivity index is 1.58. The molecule has 3 aromatic carbocycles. The monoisotopic (exact) mass is 479 g/mol. The molecule has 0 aliphatic carbocycles. The van der Waals surface area contributed by atoms with E-state index in [0.717, 1.165) is 6.07 Å². The molecule has 11 nitrogen and oxygen atoms in total. The summed E-state index contributed by atoms with van der Waals surface area (Å²) in [6.45, 7) is 1.75. The number of hydrogen-bond donors (Lipinski definition) is 2. The minimum atomic E-state index is -4.23. The highest BCUT2D eigenvalue weighted by molar-refractivity contribution is 7.92. The van der Waals surface area contributed by atoms with Gasteiger partial charge in [-0.15, -0.1) is 0 Å². The molecule has 5 rings (SSSR count). The average molecular weight is 479 g/mol. The molecule has 0 amide bonds. The number of para-hydroxylation sites is 3. The van der Waals surface area contributed by atoms with Gasteiger partial charge in [0, 0.05) is 19.1 Å². The lowest BCUT2D eigenvalue weighted by molar-refractivity contribution is -0.385. The smallest absolute Gasteiger partial charge is 0.270 e. The van der Waals surface area contributed by atoms with Crippen molar-refractivity contribution in [2.24, 2.45) is 0 Å². The third kappa shape index (κ3) is 4.01. The minimum absolute atomic E-state index is 0.0882. The van der Waals surface area contributed by atoms with E-state index in [0.29, 0.717) is 28.2 Å². The number of hydrogen-bond acceptors (Lipinski definition) is 9. The largest absolute Gasteiger partial charge is 0.451 e. The summed E-state index contributed by atoms with van der Waals surface area (Å²) in [7, 11) is -4.23. The van der Waals surface area contributed by atoms with Crippen molar-refractivity contribution in [1.82, 2.24) is 9.97 Å². The van der Waals surface area contributed by atoms with Crippen molar-refractivity contribution in [3.05, 3.63) is 76.8 Å².